The van der Waals surface area contributed by atoms with Gasteiger partial charge in [0.15, 0.2) is 0 Å². The number of benzene rings is 2. The van der Waals surface area contributed by atoms with E-state index in [2.05, 4.69) is 51.3 Å². The first-order chi connectivity index (χ1) is 16.7. The number of aryl methyl sites for hydroxylation is 1. The third kappa shape index (κ3) is 5.05. The maximum atomic E-state index is 6.47. The van der Waals surface area contributed by atoms with Crippen LogP contribution in [0, 0.1) is 0 Å². The van der Waals surface area contributed by atoms with E-state index in [9.17, 15) is 0 Å². The first kappa shape index (κ1) is 23.1. The third-order valence-electron chi connectivity index (χ3n) is 6.54. The molecule has 0 spiro atoms. The average molecular weight is 491 g/mol. The van der Waals surface area contributed by atoms with Crippen LogP contribution in [0.15, 0.2) is 73.1 Å². The largest absolute Gasteiger partial charge is 0.327 e. The van der Waals surface area contributed by atoms with Gasteiger partial charge in [0.05, 0.1) is 21.4 Å². The Hall–Kier alpha value is -2.66. The average Bonchev–Trinajstić information content (AvgIpc) is 3.27. The molecule has 0 atom stereocenters. The number of hydrogen-bond acceptors (Lipinski definition) is 3. The molecule has 6 heteroatoms. The third-order valence-corrected chi connectivity index (χ3v) is 7.28. The van der Waals surface area contributed by atoms with E-state index in [1.54, 1.807) is 0 Å². The Labute approximate surface area is 211 Å². The summed E-state index contributed by atoms with van der Waals surface area (Å²) in [4.78, 5) is 9.51. The summed E-state index contributed by atoms with van der Waals surface area (Å²) >= 11 is 12.7. The van der Waals surface area contributed by atoms with Crippen LogP contribution in [0.25, 0.3) is 22.5 Å². The molecule has 2 aromatic heterocycles. The number of hydrogen-bond donors (Lipinski definition) is 1. The summed E-state index contributed by atoms with van der Waals surface area (Å²) in [5.74, 6) is 1.59. The monoisotopic (exact) mass is 490 g/mol. The van der Waals surface area contributed by atoms with Gasteiger partial charge >= 0.3 is 0 Å². The smallest absolute Gasteiger partial charge is 0.113 e. The van der Waals surface area contributed by atoms with Crippen LogP contribution in [0.2, 0.25) is 10.0 Å². The maximum absolute atomic E-state index is 6.47. The van der Waals surface area contributed by atoms with Crippen LogP contribution in [0.1, 0.15) is 36.6 Å². The van der Waals surface area contributed by atoms with E-state index in [4.69, 9.17) is 28.2 Å². The van der Waals surface area contributed by atoms with Gasteiger partial charge < -0.3 is 9.88 Å². The van der Waals surface area contributed by atoms with Crippen molar-refractivity contribution in [3.8, 4) is 22.5 Å². The fraction of sp³-hybridized carbons (Fsp3) is 0.286. The van der Waals surface area contributed by atoms with Gasteiger partial charge in [0.25, 0.3) is 0 Å². The molecule has 1 saturated heterocycles. The van der Waals surface area contributed by atoms with Crippen molar-refractivity contribution in [3.63, 3.8) is 0 Å². The number of pyridine rings is 1. The first-order valence-corrected chi connectivity index (χ1v) is 12.7. The molecule has 4 aromatic rings. The van der Waals surface area contributed by atoms with Crippen molar-refractivity contribution in [3.05, 3.63) is 94.5 Å². The van der Waals surface area contributed by atoms with Gasteiger partial charge in [-0.3, -0.25) is 4.98 Å². The molecule has 1 fully saturated rings. The molecule has 0 radical (unpaired) electrons. The number of nitrogens with zero attached hydrogens (tertiary/aromatic N) is 3. The number of piperidine rings is 1. The number of rotatable bonds is 7. The van der Waals surface area contributed by atoms with E-state index < -0.39 is 0 Å². The summed E-state index contributed by atoms with van der Waals surface area (Å²) in [6.45, 7) is 2.93. The summed E-state index contributed by atoms with van der Waals surface area (Å²) in [6.07, 6.45) is 7.89. The molecule has 1 aliphatic rings. The van der Waals surface area contributed by atoms with Crippen molar-refractivity contribution in [2.45, 2.75) is 38.1 Å². The Morgan fingerprint density at radius 2 is 1.65 bits per heavy atom. The van der Waals surface area contributed by atoms with Crippen molar-refractivity contribution in [1.82, 2.24) is 19.9 Å². The summed E-state index contributed by atoms with van der Waals surface area (Å²) < 4.78 is 2.44. The molecule has 0 unspecified atom stereocenters. The Bertz CT molecular complexity index is 1230. The standard InChI is InChI=1S/C28H28Cl2N4/c29-24-9-8-23(19-25(24)30)27-26(21-10-14-31-15-11-21)33-28(22-12-16-32-17-13-22)34(27)18-4-7-20-5-2-1-3-6-20/h1-3,5-6,8-11,14-15,19,22,32H,4,7,12-13,16-18H2. The summed E-state index contributed by atoms with van der Waals surface area (Å²) in [5.41, 5.74) is 5.54. The minimum absolute atomic E-state index is 0.426. The van der Waals surface area contributed by atoms with Gasteiger partial charge in [0.2, 0.25) is 0 Å². The van der Waals surface area contributed by atoms with Crippen molar-refractivity contribution >= 4 is 23.2 Å². The molecular formula is C28H28Cl2N4. The Kier molecular flexibility index (Phi) is 7.29. The Morgan fingerprint density at radius 1 is 0.882 bits per heavy atom. The van der Waals surface area contributed by atoms with Crippen LogP contribution in [0.5, 0.6) is 0 Å². The molecule has 0 bridgehead atoms. The summed E-state index contributed by atoms with van der Waals surface area (Å²) in [7, 11) is 0. The second kappa shape index (κ2) is 10.7. The van der Waals surface area contributed by atoms with Crippen LogP contribution in [0.3, 0.4) is 0 Å². The van der Waals surface area contributed by atoms with E-state index in [1.807, 2.05) is 36.7 Å². The highest BCUT2D eigenvalue weighted by Crippen LogP contribution is 2.39. The topological polar surface area (TPSA) is 42.7 Å². The number of aromatic nitrogens is 3. The molecular weight excluding hydrogens is 463 g/mol. The van der Waals surface area contributed by atoms with Gasteiger partial charge in [-0.1, -0.05) is 59.6 Å². The van der Waals surface area contributed by atoms with Crippen LogP contribution in [-0.4, -0.2) is 27.6 Å². The first-order valence-electron chi connectivity index (χ1n) is 11.9. The van der Waals surface area contributed by atoms with Crippen LogP contribution < -0.4 is 5.32 Å². The number of nitrogens with one attached hydrogen (secondary N) is 1. The lowest BCUT2D eigenvalue weighted by Crippen LogP contribution is -2.28. The molecule has 0 saturated carbocycles. The molecule has 4 nitrogen and oxygen atoms in total. The van der Waals surface area contributed by atoms with Gasteiger partial charge in [-0.25, -0.2) is 4.98 Å². The molecule has 0 amide bonds. The van der Waals surface area contributed by atoms with Crippen LogP contribution >= 0.6 is 23.2 Å². The van der Waals surface area contributed by atoms with Gasteiger partial charge in [-0.05, 0) is 68.6 Å². The van der Waals surface area contributed by atoms with E-state index in [0.717, 1.165) is 67.8 Å². The highest BCUT2D eigenvalue weighted by Gasteiger charge is 2.26. The Morgan fingerprint density at radius 3 is 2.38 bits per heavy atom. The summed E-state index contributed by atoms with van der Waals surface area (Å²) in [5, 5.41) is 4.61. The maximum Gasteiger partial charge on any atom is 0.113 e. The second-order valence-electron chi connectivity index (χ2n) is 8.80. The molecule has 1 N–H and O–H groups in total. The lowest BCUT2D eigenvalue weighted by Gasteiger charge is -2.24. The fourth-order valence-corrected chi connectivity index (χ4v) is 5.12. The predicted molar refractivity (Wildman–Crippen MR) is 141 cm³/mol. The van der Waals surface area contributed by atoms with Crippen molar-refractivity contribution in [1.29, 1.82) is 0 Å². The fourth-order valence-electron chi connectivity index (χ4n) is 4.82. The zero-order valence-electron chi connectivity index (χ0n) is 19.1. The highest BCUT2D eigenvalue weighted by atomic mass is 35.5. The summed E-state index contributed by atoms with van der Waals surface area (Å²) in [6, 6.07) is 20.6. The molecule has 34 heavy (non-hydrogen) atoms. The van der Waals surface area contributed by atoms with E-state index in [0.29, 0.717) is 16.0 Å². The molecule has 174 valence electrons. The van der Waals surface area contributed by atoms with Gasteiger partial charge in [-0.15, -0.1) is 0 Å². The molecule has 2 aromatic carbocycles. The molecule has 5 rings (SSSR count). The highest BCUT2D eigenvalue weighted by molar-refractivity contribution is 6.42. The number of imidazole rings is 1. The quantitative estimate of drug-likeness (QED) is 0.302. The lowest BCUT2D eigenvalue weighted by molar-refractivity contribution is 0.429. The second-order valence-corrected chi connectivity index (χ2v) is 9.61. The Balaban J connectivity index is 1.61. The van der Waals surface area contributed by atoms with E-state index in [1.165, 1.54) is 11.4 Å². The van der Waals surface area contributed by atoms with Crippen molar-refractivity contribution in [2.75, 3.05) is 13.1 Å². The number of halogens is 2. The van der Waals surface area contributed by atoms with Crippen molar-refractivity contribution < 1.29 is 0 Å². The van der Waals surface area contributed by atoms with E-state index in [-0.39, 0.29) is 0 Å². The zero-order valence-corrected chi connectivity index (χ0v) is 20.6. The lowest BCUT2D eigenvalue weighted by atomic mass is 9.97. The SMILES string of the molecule is Clc1ccc(-c2c(-c3ccncc3)nc(C3CCNCC3)n2CCCc2ccccc2)cc1Cl. The van der Waals surface area contributed by atoms with E-state index >= 15 is 0 Å². The van der Waals surface area contributed by atoms with Crippen molar-refractivity contribution in [2.24, 2.45) is 0 Å². The van der Waals surface area contributed by atoms with Gasteiger partial charge in [-0.2, -0.15) is 0 Å². The minimum Gasteiger partial charge on any atom is -0.327 e. The van der Waals surface area contributed by atoms with Gasteiger partial charge in [0.1, 0.15) is 5.82 Å². The van der Waals surface area contributed by atoms with Gasteiger partial charge in [0, 0.05) is 36.0 Å². The minimum atomic E-state index is 0.426. The normalized spacial score (nSPS) is 14.4. The zero-order chi connectivity index (χ0) is 23.3. The van der Waals surface area contributed by atoms with Crippen LogP contribution in [-0.2, 0) is 13.0 Å². The molecule has 1 aliphatic heterocycles. The predicted octanol–water partition coefficient (Wildman–Crippen LogP) is 7.02. The molecule has 3 heterocycles. The van der Waals surface area contributed by atoms with Crippen LogP contribution in [0.4, 0.5) is 0 Å². The molecule has 0 aliphatic carbocycles.